The maximum Gasteiger partial charge on any atom is 0.303 e. The number of benzene rings is 1. The smallest absolute Gasteiger partial charge is 0.303 e. The fourth-order valence-electron chi connectivity index (χ4n) is 2.46. The van der Waals surface area contributed by atoms with Crippen molar-refractivity contribution >= 4 is 24.3 Å². The molecule has 22 heavy (non-hydrogen) atoms. The Morgan fingerprint density at radius 1 is 1.23 bits per heavy atom. The van der Waals surface area contributed by atoms with Crippen LogP contribution in [0.15, 0.2) is 24.3 Å². The third-order valence-corrected chi connectivity index (χ3v) is 3.52. The Hall–Kier alpha value is -1.66. The number of hydrogen-bond acceptors (Lipinski definition) is 4. The lowest BCUT2D eigenvalue weighted by Crippen LogP contribution is -2.46. The molecule has 1 amide bonds. The number of carbonyl (C=O) groups excluding carboxylic acids is 2. The highest BCUT2D eigenvalue weighted by Crippen LogP contribution is 2.23. The molecule has 0 radical (unpaired) electrons. The summed E-state index contributed by atoms with van der Waals surface area (Å²) in [7, 11) is 0. The Morgan fingerprint density at radius 2 is 1.77 bits per heavy atom. The molecule has 2 rings (SSSR count). The van der Waals surface area contributed by atoms with Crippen LogP contribution in [0.4, 0.5) is 4.39 Å². The Balaban J connectivity index is 0.00000242. The molecule has 0 aliphatic carbocycles. The first-order valence-electron chi connectivity index (χ1n) is 6.96. The van der Waals surface area contributed by atoms with Gasteiger partial charge in [0.15, 0.2) is 6.10 Å². The molecule has 2 atom stereocenters. The number of likely N-dealkylation sites (tertiary alicyclic amines) is 1. The summed E-state index contributed by atoms with van der Waals surface area (Å²) in [5.74, 6) is -1.18. The lowest BCUT2D eigenvalue weighted by atomic mass is 10.0. The molecular formula is C15H20ClFN2O3. The minimum atomic E-state index is -0.988. The zero-order chi connectivity index (χ0) is 15.4. The lowest BCUT2D eigenvalue weighted by molar-refractivity contribution is -0.151. The number of halogens is 2. The standard InChI is InChI=1S/C15H19FN2O3.ClH/c1-10(19)21-14(11-4-6-12(16)7-5-11)13(17)15(20)18-8-2-3-9-18;/h4-7,13-14H,2-3,8-9,17H2,1H3;1H/t13-,14+;/m1./s1. The van der Waals surface area contributed by atoms with Crippen LogP contribution in [0, 0.1) is 5.82 Å². The van der Waals surface area contributed by atoms with Gasteiger partial charge in [0.1, 0.15) is 11.9 Å². The number of carbonyl (C=O) groups is 2. The van der Waals surface area contributed by atoms with E-state index < -0.39 is 23.9 Å². The minimum Gasteiger partial charge on any atom is -0.455 e. The Bertz CT molecular complexity index is 518. The summed E-state index contributed by atoms with van der Waals surface area (Å²) >= 11 is 0. The monoisotopic (exact) mass is 330 g/mol. The molecular weight excluding hydrogens is 311 g/mol. The minimum absolute atomic E-state index is 0. The van der Waals surface area contributed by atoms with Crippen molar-refractivity contribution in [3.8, 4) is 0 Å². The molecule has 1 saturated heterocycles. The zero-order valence-corrected chi connectivity index (χ0v) is 13.1. The van der Waals surface area contributed by atoms with E-state index in [-0.39, 0.29) is 18.3 Å². The van der Waals surface area contributed by atoms with Crippen LogP contribution >= 0.6 is 12.4 Å². The number of nitrogens with two attached hydrogens (primary N) is 1. The number of rotatable bonds is 4. The van der Waals surface area contributed by atoms with Gasteiger partial charge in [-0.3, -0.25) is 9.59 Å². The molecule has 2 N–H and O–H groups in total. The Kier molecular flexibility index (Phi) is 6.77. The van der Waals surface area contributed by atoms with Crippen LogP contribution in [-0.4, -0.2) is 35.9 Å². The molecule has 5 nitrogen and oxygen atoms in total. The van der Waals surface area contributed by atoms with Crippen molar-refractivity contribution in [1.29, 1.82) is 0 Å². The van der Waals surface area contributed by atoms with Gasteiger partial charge in [0.05, 0.1) is 0 Å². The van der Waals surface area contributed by atoms with Crippen molar-refractivity contribution in [2.45, 2.75) is 31.9 Å². The first-order valence-corrected chi connectivity index (χ1v) is 6.96. The second-order valence-electron chi connectivity index (χ2n) is 5.14. The average Bonchev–Trinajstić information content (AvgIpc) is 2.98. The van der Waals surface area contributed by atoms with Crippen LogP contribution in [-0.2, 0) is 14.3 Å². The molecule has 122 valence electrons. The Labute approximate surface area is 135 Å². The highest BCUT2D eigenvalue weighted by atomic mass is 35.5. The van der Waals surface area contributed by atoms with Gasteiger partial charge in [0.2, 0.25) is 5.91 Å². The average molecular weight is 331 g/mol. The first kappa shape index (κ1) is 18.4. The molecule has 0 unspecified atom stereocenters. The summed E-state index contributed by atoms with van der Waals surface area (Å²) in [6.07, 6.45) is 0.997. The molecule has 0 aromatic heterocycles. The second-order valence-corrected chi connectivity index (χ2v) is 5.14. The third-order valence-electron chi connectivity index (χ3n) is 3.52. The maximum absolute atomic E-state index is 13.0. The van der Waals surface area contributed by atoms with Crippen LogP contribution < -0.4 is 5.73 Å². The van der Waals surface area contributed by atoms with Gasteiger partial charge in [-0.05, 0) is 30.5 Å². The summed E-state index contributed by atoms with van der Waals surface area (Å²) in [5.41, 5.74) is 6.50. The first-order chi connectivity index (χ1) is 9.99. The molecule has 1 aromatic carbocycles. The van der Waals surface area contributed by atoms with Crippen LogP contribution in [0.1, 0.15) is 31.4 Å². The largest absolute Gasteiger partial charge is 0.455 e. The van der Waals surface area contributed by atoms with E-state index in [1.807, 2.05) is 0 Å². The number of esters is 1. The van der Waals surface area contributed by atoms with E-state index in [1.165, 1.54) is 31.2 Å². The topological polar surface area (TPSA) is 72.6 Å². The van der Waals surface area contributed by atoms with E-state index >= 15 is 0 Å². The summed E-state index contributed by atoms with van der Waals surface area (Å²) in [6.45, 7) is 2.59. The van der Waals surface area contributed by atoms with Crippen molar-refractivity contribution in [3.63, 3.8) is 0 Å². The van der Waals surface area contributed by atoms with Crippen molar-refractivity contribution in [1.82, 2.24) is 4.90 Å². The van der Waals surface area contributed by atoms with Crippen molar-refractivity contribution in [2.75, 3.05) is 13.1 Å². The molecule has 0 bridgehead atoms. The highest BCUT2D eigenvalue weighted by molar-refractivity contribution is 5.85. The fraction of sp³-hybridized carbons (Fsp3) is 0.467. The summed E-state index contributed by atoms with van der Waals surface area (Å²) < 4.78 is 18.2. The van der Waals surface area contributed by atoms with E-state index in [4.69, 9.17) is 10.5 Å². The van der Waals surface area contributed by atoms with Crippen LogP contribution in [0.2, 0.25) is 0 Å². The van der Waals surface area contributed by atoms with E-state index in [1.54, 1.807) is 4.90 Å². The van der Waals surface area contributed by atoms with Gasteiger partial charge in [-0.1, -0.05) is 12.1 Å². The lowest BCUT2D eigenvalue weighted by Gasteiger charge is -2.27. The van der Waals surface area contributed by atoms with Gasteiger partial charge in [-0.25, -0.2) is 4.39 Å². The van der Waals surface area contributed by atoms with Gasteiger partial charge >= 0.3 is 5.97 Å². The maximum atomic E-state index is 13.0. The zero-order valence-electron chi connectivity index (χ0n) is 12.3. The molecule has 1 heterocycles. The van der Waals surface area contributed by atoms with Crippen molar-refractivity contribution in [3.05, 3.63) is 35.6 Å². The van der Waals surface area contributed by atoms with E-state index in [0.717, 1.165) is 12.8 Å². The highest BCUT2D eigenvalue weighted by Gasteiger charge is 2.33. The van der Waals surface area contributed by atoms with Gasteiger partial charge in [0.25, 0.3) is 0 Å². The molecule has 1 aromatic rings. The van der Waals surface area contributed by atoms with Crippen LogP contribution in [0.5, 0.6) is 0 Å². The second kappa shape index (κ2) is 8.10. The number of hydrogen-bond donors (Lipinski definition) is 1. The quantitative estimate of drug-likeness (QED) is 0.854. The van der Waals surface area contributed by atoms with Crippen molar-refractivity contribution in [2.24, 2.45) is 5.73 Å². The summed E-state index contributed by atoms with van der Waals surface area (Å²) in [5, 5.41) is 0. The molecule has 1 fully saturated rings. The molecule has 0 spiro atoms. The predicted octanol–water partition coefficient (Wildman–Crippen LogP) is 1.80. The molecule has 1 aliphatic heterocycles. The predicted molar refractivity (Wildman–Crippen MR) is 81.9 cm³/mol. The molecule has 0 saturated carbocycles. The van der Waals surface area contributed by atoms with E-state index in [0.29, 0.717) is 18.7 Å². The van der Waals surface area contributed by atoms with Gasteiger partial charge in [0, 0.05) is 20.0 Å². The number of nitrogens with zero attached hydrogens (tertiary/aromatic N) is 1. The molecule has 1 aliphatic rings. The van der Waals surface area contributed by atoms with Gasteiger partial charge in [-0.15, -0.1) is 12.4 Å². The number of amides is 1. The van der Waals surface area contributed by atoms with Gasteiger partial charge < -0.3 is 15.4 Å². The third kappa shape index (κ3) is 4.42. The fourth-order valence-corrected chi connectivity index (χ4v) is 2.46. The van der Waals surface area contributed by atoms with Crippen molar-refractivity contribution < 1.29 is 18.7 Å². The molecule has 7 heteroatoms. The summed E-state index contributed by atoms with van der Waals surface area (Å²) in [4.78, 5) is 25.3. The van der Waals surface area contributed by atoms with Crippen LogP contribution in [0.3, 0.4) is 0 Å². The van der Waals surface area contributed by atoms with E-state index in [9.17, 15) is 14.0 Å². The summed E-state index contributed by atoms with van der Waals surface area (Å²) in [6, 6.07) is 4.45. The van der Waals surface area contributed by atoms with Crippen LogP contribution in [0.25, 0.3) is 0 Å². The SMILES string of the molecule is CC(=O)O[C@@H](c1ccc(F)cc1)[C@@H](N)C(=O)N1CCCC1.Cl. The van der Waals surface area contributed by atoms with E-state index in [2.05, 4.69) is 0 Å². The Morgan fingerprint density at radius 3 is 2.27 bits per heavy atom. The normalized spacial score (nSPS) is 16.6. The number of ether oxygens (including phenoxy) is 1. The van der Waals surface area contributed by atoms with Gasteiger partial charge in [-0.2, -0.15) is 0 Å².